The van der Waals surface area contributed by atoms with Crippen molar-refractivity contribution in [3.8, 4) is 6.26 Å². The summed E-state index contributed by atoms with van der Waals surface area (Å²) in [6.07, 6.45) is 2.12. The van der Waals surface area contributed by atoms with E-state index in [2.05, 4.69) is 17.0 Å². The first-order valence-electron chi connectivity index (χ1n) is 2.11. The van der Waals surface area contributed by atoms with E-state index in [9.17, 15) is 4.79 Å². The Balaban J connectivity index is 0. The fraction of sp³-hybridized carbons (Fsp3) is 0.200. The van der Waals surface area contributed by atoms with Crippen LogP contribution in [0.15, 0.2) is 12.7 Å². The molecule has 0 spiro atoms. The van der Waals surface area contributed by atoms with Gasteiger partial charge >= 0.3 is 5.97 Å². The molecular formula is C5H8N2O2. The van der Waals surface area contributed by atoms with Crippen LogP contribution in [0.2, 0.25) is 0 Å². The molecule has 0 atom stereocenters. The largest absolute Gasteiger partial charge is 0.347 e. The van der Waals surface area contributed by atoms with Crippen molar-refractivity contribution in [1.29, 1.82) is 5.26 Å². The van der Waals surface area contributed by atoms with Gasteiger partial charge in [0.05, 0.1) is 0 Å². The SMILES string of the molecule is C=CC(=O)OC#N.CN. The van der Waals surface area contributed by atoms with Crippen molar-refractivity contribution in [2.75, 3.05) is 7.05 Å². The van der Waals surface area contributed by atoms with E-state index >= 15 is 0 Å². The normalized spacial score (nSPS) is 5.44. The van der Waals surface area contributed by atoms with Crippen molar-refractivity contribution < 1.29 is 9.53 Å². The Morgan fingerprint density at radius 3 is 2.44 bits per heavy atom. The minimum absolute atomic E-state index is 0.720. The molecule has 0 radical (unpaired) electrons. The minimum Gasteiger partial charge on any atom is -0.347 e. The van der Waals surface area contributed by atoms with Crippen LogP contribution in [0, 0.1) is 11.5 Å². The van der Waals surface area contributed by atoms with Gasteiger partial charge in [0.1, 0.15) is 0 Å². The summed E-state index contributed by atoms with van der Waals surface area (Å²) >= 11 is 0. The van der Waals surface area contributed by atoms with Gasteiger partial charge in [-0.15, -0.1) is 5.26 Å². The fourth-order valence-electron chi connectivity index (χ4n) is 0.0867. The van der Waals surface area contributed by atoms with E-state index in [1.54, 1.807) is 0 Å². The molecule has 0 amide bonds. The highest BCUT2D eigenvalue weighted by Crippen LogP contribution is 1.71. The molecule has 0 heterocycles. The van der Waals surface area contributed by atoms with Crippen molar-refractivity contribution in [1.82, 2.24) is 0 Å². The van der Waals surface area contributed by atoms with Crippen LogP contribution in [0.25, 0.3) is 0 Å². The van der Waals surface area contributed by atoms with E-state index < -0.39 is 5.97 Å². The number of hydrogen-bond donors (Lipinski definition) is 1. The van der Waals surface area contributed by atoms with Crippen LogP contribution in [0.3, 0.4) is 0 Å². The van der Waals surface area contributed by atoms with Gasteiger partial charge in [-0.1, -0.05) is 6.58 Å². The van der Waals surface area contributed by atoms with Gasteiger partial charge in [0, 0.05) is 6.08 Å². The first-order valence-corrected chi connectivity index (χ1v) is 2.11. The molecule has 0 aliphatic carbocycles. The van der Waals surface area contributed by atoms with Gasteiger partial charge in [-0.05, 0) is 7.05 Å². The lowest BCUT2D eigenvalue weighted by atomic mass is 10.7. The molecule has 2 N–H and O–H groups in total. The van der Waals surface area contributed by atoms with Crippen LogP contribution in [0.4, 0.5) is 0 Å². The zero-order valence-electron chi connectivity index (χ0n) is 5.13. The minimum atomic E-state index is -0.720. The molecule has 0 unspecified atom stereocenters. The monoisotopic (exact) mass is 128 g/mol. The molecule has 0 aliphatic heterocycles. The molecular weight excluding hydrogens is 120 g/mol. The second-order valence-corrected chi connectivity index (χ2v) is 0.717. The molecule has 4 nitrogen and oxygen atoms in total. The first-order chi connectivity index (χ1) is 4.31. The van der Waals surface area contributed by atoms with Crippen molar-refractivity contribution in [3.05, 3.63) is 12.7 Å². The van der Waals surface area contributed by atoms with Crippen LogP contribution in [-0.4, -0.2) is 13.0 Å². The summed E-state index contributed by atoms with van der Waals surface area (Å²) in [7, 11) is 1.50. The zero-order valence-corrected chi connectivity index (χ0v) is 5.13. The van der Waals surface area contributed by atoms with Gasteiger partial charge in [0.15, 0.2) is 0 Å². The number of nitrogens with zero attached hydrogens (tertiary/aromatic N) is 1. The van der Waals surface area contributed by atoms with E-state index in [1.807, 2.05) is 0 Å². The van der Waals surface area contributed by atoms with Crippen LogP contribution >= 0.6 is 0 Å². The van der Waals surface area contributed by atoms with E-state index in [4.69, 9.17) is 5.26 Å². The molecule has 50 valence electrons. The lowest BCUT2D eigenvalue weighted by molar-refractivity contribution is -0.131. The average Bonchev–Trinajstić information content (AvgIpc) is 1.93. The molecule has 0 saturated heterocycles. The summed E-state index contributed by atoms with van der Waals surface area (Å²) in [5.41, 5.74) is 4.50. The molecule has 0 fully saturated rings. The summed E-state index contributed by atoms with van der Waals surface area (Å²) in [4.78, 5) is 9.85. The molecule has 4 heteroatoms. The maximum absolute atomic E-state index is 9.85. The molecule has 0 bridgehead atoms. The lowest BCUT2D eigenvalue weighted by Gasteiger charge is -1.77. The number of rotatable bonds is 1. The van der Waals surface area contributed by atoms with Gasteiger partial charge in [-0.3, -0.25) is 0 Å². The Morgan fingerprint density at radius 1 is 1.89 bits per heavy atom. The Hall–Kier alpha value is -1.34. The Kier molecular flexibility index (Phi) is 11.6. The first kappa shape index (κ1) is 10.6. The Bertz CT molecular complexity index is 125. The van der Waals surface area contributed by atoms with E-state index in [0.29, 0.717) is 0 Å². The number of carbonyl (C=O) groups excluding carboxylic acids is 1. The summed E-state index contributed by atoms with van der Waals surface area (Å²) in [6.45, 7) is 3.05. The summed E-state index contributed by atoms with van der Waals surface area (Å²) < 4.78 is 3.74. The van der Waals surface area contributed by atoms with Gasteiger partial charge in [0.25, 0.3) is 6.26 Å². The highest BCUT2D eigenvalue weighted by atomic mass is 16.5. The van der Waals surface area contributed by atoms with E-state index in [1.165, 1.54) is 13.3 Å². The van der Waals surface area contributed by atoms with Gasteiger partial charge < -0.3 is 10.5 Å². The highest BCUT2D eigenvalue weighted by Gasteiger charge is 1.87. The topological polar surface area (TPSA) is 76.1 Å². The summed E-state index contributed by atoms with van der Waals surface area (Å²) in [6, 6.07) is 0. The molecule has 9 heavy (non-hydrogen) atoms. The third kappa shape index (κ3) is 10.8. The van der Waals surface area contributed by atoms with Gasteiger partial charge in [-0.25, -0.2) is 4.79 Å². The quantitative estimate of drug-likeness (QED) is 0.300. The Labute approximate surface area is 53.5 Å². The molecule has 0 aromatic carbocycles. The fourth-order valence-corrected chi connectivity index (χ4v) is 0.0867. The zero-order chi connectivity index (χ0) is 7.70. The lowest BCUT2D eigenvalue weighted by Crippen LogP contribution is -1.91. The summed E-state index contributed by atoms with van der Waals surface area (Å²) in [5.74, 6) is -0.720. The van der Waals surface area contributed by atoms with Crippen LogP contribution in [-0.2, 0) is 9.53 Å². The van der Waals surface area contributed by atoms with Gasteiger partial charge in [0.2, 0.25) is 0 Å². The third-order valence-electron chi connectivity index (χ3n) is 0.313. The van der Waals surface area contributed by atoms with Crippen molar-refractivity contribution in [2.24, 2.45) is 5.73 Å². The standard InChI is InChI=1S/C4H3NO2.CH5N/c1-2-4(6)7-3-5;1-2/h2H,1H2;2H2,1H3. The van der Waals surface area contributed by atoms with Gasteiger partial charge in [-0.2, -0.15) is 0 Å². The van der Waals surface area contributed by atoms with Crippen molar-refractivity contribution >= 4 is 5.97 Å². The maximum Gasteiger partial charge on any atom is 0.345 e. The van der Waals surface area contributed by atoms with Crippen LogP contribution < -0.4 is 5.73 Å². The number of esters is 1. The maximum atomic E-state index is 9.85. The molecule has 0 aromatic heterocycles. The average molecular weight is 128 g/mol. The molecule has 0 saturated carbocycles. The Morgan fingerprint density at radius 2 is 2.33 bits per heavy atom. The second-order valence-electron chi connectivity index (χ2n) is 0.717. The van der Waals surface area contributed by atoms with Crippen LogP contribution in [0.5, 0.6) is 0 Å². The molecule has 0 rings (SSSR count). The number of hydrogen-bond acceptors (Lipinski definition) is 4. The number of nitriles is 1. The predicted molar refractivity (Wildman–Crippen MR) is 32.0 cm³/mol. The smallest absolute Gasteiger partial charge is 0.345 e. The molecule has 0 aliphatic rings. The number of carbonyl (C=O) groups is 1. The van der Waals surface area contributed by atoms with Crippen LogP contribution in [0.1, 0.15) is 0 Å². The van der Waals surface area contributed by atoms with Crippen molar-refractivity contribution in [3.63, 3.8) is 0 Å². The summed E-state index contributed by atoms with van der Waals surface area (Å²) in [5, 5.41) is 7.63. The molecule has 0 aromatic rings. The third-order valence-corrected chi connectivity index (χ3v) is 0.313. The van der Waals surface area contributed by atoms with Crippen molar-refractivity contribution in [2.45, 2.75) is 0 Å². The van der Waals surface area contributed by atoms with E-state index in [0.717, 1.165) is 6.08 Å². The number of nitrogens with two attached hydrogens (primary N) is 1. The predicted octanol–water partition coefficient (Wildman–Crippen LogP) is -0.228. The van der Waals surface area contributed by atoms with E-state index in [-0.39, 0.29) is 0 Å². The second kappa shape index (κ2) is 9.83. The number of ether oxygens (including phenoxy) is 1. The highest BCUT2D eigenvalue weighted by molar-refractivity contribution is 5.81.